The summed E-state index contributed by atoms with van der Waals surface area (Å²) in [5, 5.41) is 2.86. The highest BCUT2D eigenvalue weighted by atomic mass is 32.2. The minimum atomic E-state index is -3.32. The number of hydrogen-bond donors (Lipinski definition) is 2. The zero-order valence-corrected chi connectivity index (χ0v) is 18.0. The molecule has 0 spiro atoms. The van der Waals surface area contributed by atoms with Crippen LogP contribution in [0.5, 0.6) is 0 Å². The first-order valence-electron chi connectivity index (χ1n) is 9.41. The van der Waals surface area contributed by atoms with Gasteiger partial charge in [0.05, 0.1) is 17.4 Å². The standard InChI is InChI=1S/C18H29N3O5S2/c1-3-11-28(25,26)21-10-4-5-17(13-21)18(22)20-12-15-6-8-16(9-7-15)14-27(23,24)19-2/h6-9,17,19H,3-5,10-14H2,1-2H3,(H,20,22). The minimum Gasteiger partial charge on any atom is -0.352 e. The van der Waals surface area contributed by atoms with Gasteiger partial charge in [0, 0.05) is 19.6 Å². The fraction of sp³-hybridized carbons (Fsp3) is 0.611. The van der Waals surface area contributed by atoms with Gasteiger partial charge in [-0.3, -0.25) is 4.79 Å². The van der Waals surface area contributed by atoms with E-state index in [4.69, 9.17) is 0 Å². The summed E-state index contributed by atoms with van der Waals surface area (Å²) in [4.78, 5) is 12.5. The molecule has 0 radical (unpaired) electrons. The van der Waals surface area contributed by atoms with Crippen LogP contribution in [0.25, 0.3) is 0 Å². The second-order valence-corrected chi connectivity index (χ2v) is 11.0. The Balaban J connectivity index is 1.89. The van der Waals surface area contributed by atoms with Gasteiger partial charge in [0.2, 0.25) is 26.0 Å². The maximum atomic E-state index is 12.5. The van der Waals surface area contributed by atoms with Gasteiger partial charge < -0.3 is 5.32 Å². The summed E-state index contributed by atoms with van der Waals surface area (Å²) in [6.45, 7) is 2.85. The van der Waals surface area contributed by atoms with E-state index in [1.807, 2.05) is 6.92 Å². The molecule has 1 aromatic rings. The monoisotopic (exact) mass is 431 g/mol. The number of hydrogen-bond acceptors (Lipinski definition) is 5. The van der Waals surface area contributed by atoms with Crippen LogP contribution in [0, 0.1) is 5.92 Å². The van der Waals surface area contributed by atoms with Gasteiger partial charge >= 0.3 is 0 Å². The molecule has 1 saturated heterocycles. The number of carbonyl (C=O) groups excluding carboxylic acids is 1. The van der Waals surface area contributed by atoms with Crippen LogP contribution < -0.4 is 10.0 Å². The first-order chi connectivity index (χ1) is 13.2. The lowest BCUT2D eigenvalue weighted by molar-refractivity contribution is -0.126. The average molecular weight is 432 g/mol. The van der Waals surface area contributed by atoms with Crippen LogP contribution in [0.1, 0.15) is 37.3 Å². The molecule has 1 heterocycles. The topological polar surface area (TPSA) is 113 Å². The van der Waals surface area contributed by atoms with E-state index < -0.39 is 20.0 Å². The van der Waals surface area contributed by atoms with E-state index in [9.17, 15) is 21.6 Å². The molecule has 2 N–H and O–H groups in total. The Bertz CT molecular complexity index is 867. The molecule has 1 atom stereocenters. The number of nitrogens with one attached hydrogen (secondary N) is 2. The predicted molar refractivity (Wildman–Crippen MR) is 108 cm³/mol. The Morgan fingerprint density at radius 1 is 1.14 bits per heavy atom. The summed E-state index contributed by atoms with van der Waals surface area (Å²) in [6.07, 6.45) is 1.90. The maximum Gasteiger partial charge on any atom is 0.224 e. The number of sulfonamides is 2. The molecule has 0 aliphatic carbocycles. The SMILES string of the molecule is CCCS(=O)(=O)N1CCCC(C(=O)NCc2ccc(CS(=O)(=O)NC)cc2)C1. The highest BCUT2D eigenvalue weighted by Crippen LogP contribution is 2.20. The number of amides is 1. The van der Waals surface area contributed by atoms with Crippen LogP contribution in [0.2, 0.25) is 0 Å². The van der Waals surface area contributed by atoms with Gasteiger partial charge in [-0.15, -0.1) is 0 Å². The largest absolute Gasteiger partial charge is 0.352 e. The summed E-state index contributed by atoms with van der Waals surface area (Å²) in [5.41, 5.74) is 1.51. The molecular formula is C18H29N3O5S2. The molecule has 0 aromatic heterocycles. The van der Waals surface area contributed by atoms with Gasteiger partial charge in [0.15, 0.2) is 0 Å². The zero-order chi connectivity index (χ0) is 20.8. The van der Waals surface area contributed by atoms with Gasteiger partial charge in [0.25, 0.3) is 0 Å². The highest BCUT2D eigenvalue weighted by molar-refractivity contribution is 7.89. The molecular weight excluding hydrogens is 402 g/mol. The summed E-state index contributed by atoms with van der Waals surface area (Å²) in [5.74, 6) is -0.490. The van der Waals surface area contributed by atoms with Gasteiger partial charge in [-0.2, -0.15) is 0 Å². The van der Waals surface area contributed by atoms with Crippen molar-refractivity contribution < 1.29 is 21.6 Å². The van der Waals surface area contributed by atoms with Crippen LogP contribution in [0.3, 0.4) is 0 Å². The summed E-state index contributed by atoms with van der Waals surface area (Å²) in [6, 6.07) is 6.99. The van der Waals surface area contributed by atoms with Crippen molar-refractivity contribution in [2.24, 2.45) is 5.92 Å². The van der Waals surface area contributed by atoms with Crippen molar-refractivity contribution in [1.82, 2.24) is 14.3 Å². The molecule has 10 heteroatoms. The average Bonchev–Trinajstić information content (AvgIpc) is 2.67. The lowest BCUT2D eigenvalue weighted by atomic mass is 9.98. The molecule has 0 bridgehead atoms. The van der Waals surface area contributed by atoms with Gasteiger partial charge in [-0.1, -0.05) is 31.2 Å². The fourth-order valence-electron chi connectivity index (χ4n) is 3.17. The smallest absolute Gasteiger partial charge is 0.224 e. The molecule has 1 aromatic carbocycles. The second kappa shape index (κ2) is 9.82. The van der Waals surface area contributed by atoms with E-state index in [-0.39, 0.29) is 29.9 Å². The molecule has 1 aliphatic heterocycles. The summed E-state index contributed by atoms with van der Waals surface area (Å²) >= 11 is 0. The third-order valence-electron chi connectivity index (χ3n) is 4.77. The second-order valence-electron chi connectivity index (χ2n) is 7.01. The molecule has 28 heavy (non-hydrogen) atoms. The van der Waals surface area contributed by atoms with Crippen molar-refractivity contribution in [2.45, 2.75) is 38.5 Å². The zero-order valence-electron chi connectivity index (χ0n) is 16.3. The Morgan fingerprint density at radius 3 is 2.39 bits per heavy atom. The molecule has 1 aliphatic rings. The molecule has 8 nitrogen and oxygen atoms in total. The Labute approximate surface area is 167 Å². The van der Waals surface area contributed by atoms with Crippen LogP contribution in [0.15, 0.2) is 24.3 Å². The summed E-state index contributed by atoms with van der Waals surface area (Å²) in [7, 11) is -5.24. The van der Waals surface area contributed by atoms with E-state index in [1.54, 1.807) is 24.3 Å². The molecule has 2 rings (SSSR count). The highest BCUT2D eigenvalue weighted by Gasteiger charge is 2.31. The number of carbonyl (C=O) groups is 1. The fourth-order valence-corrected chi connectivity index (χ4v) is 5.54. The van der Waals surface area contributed by atoms with Crippen molar-refractivity contribution in [3.63, 3.8) is 0 Å². The van der Waals surface area contributed by atoms with Gasteiger partial charge in [0.1, 0.15) is 0 Å². The maximum absolute atomic E-state index is 12.5. The van der Waals surface area contributed by atoms with E-state index >= 15 is 0 Å². The Morgan fingerprint density at radius 2 is 1.79 bits per heavy atom. The first kappa shape index (κ1) is 22.8. The van der Waals surface area contributed by atoms with Crippen LogP contribution in [-0.4, -0.2) is 52.9 Å². The van der Waals surface area contributed by atoms with Crippen molar-refractivity contribution in [3.8, 4) is 0 Å². The van der Waals surface area contributed by atoms with Gasteiger partial charge in [-0.25, -0.2) is 25.9 Å². The van der Waals surface area contributed by atoms with Crippen LogP contribution in [0.4, 0.5) is 0 Å². The Hall–Kier alpha value is -1.49. The van der Waals surface area contributed by atoms with Crippen LogP contribution in [-0.2, 0) is 37.1 Å². The van der Waals surface area contributed by atoms with Crippen molar-refractivity contribution in [2.75, 3.05) is 25.9 Å². The minimum absolute atomic E-state index is 0.0969. The van der Waals surface area contributed by atoms with Crippen molar-refractivity contribution in [3.05, 3.63) is 35.4 Å². The molecule has 1 unspecified atom stereocenters. The number of nitrogens with zero attached hydrogens (tertiary/aromatic N) is 1. The number of piperidine rings is 1. The third-order valence-corrected chi connectivity index (χ3v) is 8.15. The molecule has 1 amide bonds. The number of benzene rings is 1. The summed E-state index contributed by atoms with van der Waals surface area (Å²) < 4.78 is 51.3. The molecule has 1 fully saturated rings. The number of rotatable bonds is 9. The normalized spacial score (nSPS) is 18.7. The van der Waals surface area contributed by atoms with E-state index in [0.29, 0.717) is 37.9 Å². The first-order valence-corrected chi connectivity index (χ1v) is 12.7. The third kappa shape index (κ3) is 6.54. The van der Waals surface area contributed by atoms with E-state index in [2.05, 4.69) is 10.0 Å². The Kier molecular flexibility index (Phi) is 7.99. The van der Waals surface area contributed by atoms with Gasteiger partial charge in [-0.05, 0) is 37.4 Å². The van der Waals surface area contributed by atoms with Crippen molar-refractivity contribution in [1.29, 1.82) is 0 Å². The molecule has 158 valence electrons. The quantitative estimate of drug-likeness (QED) is 0.601. The lowest BCUT2D eigenvalue weighted by Crippen LogP contribution is -2.45. The van der Waals surface area contributed by atoms with E-state index in [1.165, 1.54) is 11.4 Å². The predicted octanol–water partition coefficient (Wildman–Crippen LogP) is 0.804. The van der Waals surface area contributed by atoms with Crippen LogP contribution >= 0.6 is 0 Å². The van der Waals surface area contributed by atoms with Crippen molar-refractivity contribution >= 4 is 26.0 Å². The van der Waals surface area contributed by atoms with E-state index in [0.717, 1.165) is 5.56 Å². The molecule has 0 saturated carbocycles. The lowest BCUT2D eigenvalue weighted by Gasteiger charge is -2.31.